The summed E-state index contributed by atoms with van der Waals surface area (Å²) in [4.78, 5) is 22.0. The zero-order valence-corrected chi connectivity index (χ0v) is 13.8. The number of rotatable bonds is 6. The van der Waals surface area contributed by atoms with Crippen LogP contribution in [0.1, 0.15) is 33.1 Å². The van der Waals surface area contributed by atoms with Crippen molar-refractivity contribution >= 4 is 5.78 Å². The molecule has 0 aliphatic heterocycles. The lowest BCUT2D eigenvalue weighted by Gasteiger charge is -2.23. The minimum absolute atomic E-state index is 0.122. The van der Waals surface area contributed by atoms with Gasteiger partial charge < -0.3 is 4.74 Å². The van der Waals surface area contributed by atoms with Gasteiger partial charge in [-0.3, -0.25) is 4.79 Å². The zero-order chi connectivity index (χ0) is 16.5. The monoisotopic (exact) mass is 304 g/mol. The second kappa shape index (κ2) is 9.37. The first-order valence-corrected chi connectivity index (χ1v) is 7.29. The van der Waals surface area contributed by atoms with Crippen LogP contribution in [-0.4, -0.2) is 32.2 Å². The van der Waals surface area contributed by atoms with Crippen LogP contribution in [0.25, 0.3) is 0 Å². The SMILES string of the molecule is C=C(C#CC1=C[C@@H](OOC)C[C@H](OC)C1=O)CCC=C(C)C. The van der Waals surface area contributed by atoms with Crippen molar-refractivity contribution in [3.63, 3.8) is 0 Å². The largest absolute Gasteiger partial charge is 0.373 e. The molecule has 22 heavy (non-hydrogen) atoms. The van der Waals surface area contributed by atoms with Crippen LogP contribution in [0.2, 0.25) is 0 Å². The molecule has 1 aliphatic carbocycles. The van der Waals surface area contributed by atoms with Gasteiger partial charge in [-0.15, -0.1) is 0 Å². The lowest BCUT2D eigenvalue weighted by atomic mass is 9.93. The van der Waals surface area contributed by atoms with Gasteiger partial charge in [0.1, 0.15) is 12.2 Å². The van der Waals surface area contributed by atoms with E-state index in [1.54, 1.807) is 6.08 Å². The lowest BCUT2D eigenvalue weighted by Crippen LogP contribution is -2.34. The fourth-order valence-electron chi connectivity index (χ4n) is 2.08. The third-order valence-electron chi connectivity index (χ3n) is 3.23. The minimum Gasteiger partial charge on any atom is -0.373 e. The maximum absolute atomic E-state index is 12.2. The Bertz CT molecular complexity index is 527. The third-order valence-corrected chi connectivity index (χ3v) is 3.23. The van der Waals surface area contributed by atoms with Gasteiger partial charge in [-0.2, -0.15) is 0 Å². The Hall–Kier alpha value is -1.67. The standard InChI is InChI=1S/C18H24O4/c1-13(2)7-6-8-14(3)9-10-15-11-16(22-21-5)12-17(20-4)18(15)19/h7,11,16-17H,3,6,8,12H2,1-2,4-5H3/t16-,17+/m1/s1. The highest BCUT2D eigenvalue weighted by molar-refractivity contribution is 6.03. The Labute approximate surface area is 132 Å². The number of Topliss-reactive ketones (excluding diaryl/α,β-unsaturated/α-hetero) is 1. The van der Waals surface area contributed by atoms with Gasteiger partial charge in [-0.25, -0.2) is 9.78 Å². The molecule has 0 bridgehead atoms. The van der Waals surface area contributed by atoms with Crippen molar-refractivity contribution in [3.05, 3.63) is 35.5 Å². The van der Waals surface area contributed by atoms with Crippen LogP contribution in [0, 0.1) is 11.8 Å². The summed E-state index contributed by atoms with van der Waals surface area (Å²) in [5, 5.41) is 0. The van der Waals surface area contributed by atoms with E-state index in [0.29, 0.717) is 12.0 Å². The summed E-state index contributed by atoms with van der Waals surface area (Å²) in [5.41, 5.74) is 2.46. The Morgan fingerprint density at radius 3 is 2.77 bits per heavy atom. The number of carbonyl (C=O) groups is 1. The molecule has 2 atom stereocenters. The molecule has 1 rings (SSSR count). The van der Waals surface area contributed by atoms with Crippen LogP contribution in [0.3, 0.4) is 0 Å². The number of allylic oxidation sites excluding steroid dienone is 3. The van der Waals surface area contributed by atoms with Crippen LogP contribution < -0.4 is 0 Å². The van der Waals surface area contributed by atoms with Crippen LogP contribution >= 0.6 is 0 Å². The second-order valence-electron chi connectivity index (χ2n) is 5.38. The van der Waals surface area contributed by atoms with E-state index < -0.39 is 6.10 Å². The number of hydrogen-bond donors (Lipinski definition) is 0. The fourth-order valence-corrected chi connectivity index (χ4v) is 2.08. The maximum Gasteiger partial charge on any atom is 0.199 e. The molecule has 0 saturated heterocycles. The van der Waals surface area contributed by atoms with Gasteiger partial charge in [-0.05, 0) is 38.3 Å². The summed E-state index contributed by atoms with van der Waals surface area (Å²) in [7, 11) is 2.93. The molecule has 0 fully saturated rings. The predicted molar refractivity (Wildman–Crippen MR) is 86.0 cm³/mol. The van der Waals surface area contributed by atoms with Gasteiger partial charge in [0, 0.05) is 13.5 Å². The van der Waals surface area contributed by atoms with Crippen molar-refractivity contribution in [1.29, 1.82) is 0 Å². The molecular formula is C18H24O4. The van der Waals surface area contributed by atoms with Crippen LogP contribution in [0.5, 0.6) is 0 Å². The molecule has 120 valence electrons. The van der Waals surface area contributed by atoms with Gasteiger partial charge in [0.05, 0.1) is 12.7 Å². The number of ketones is 1. The summed E-state index contributed by atoms with van der Waals surface area (Å²) in [6, 6.07) is 0. The molecule has 0 aromatic carbocycles. The molecular weight excluding hydrogens is 280 g/mol. The van der Waals surface area contributed by atoms with Crippen molar-refractivity contribution in [2.75, 3.05) is 14.2 Å². The zero-order valence-electron chi connectivity index (χ0n) is 13.8. The van der Waals surface area contributed by atoms with Gasteiger partial charge in [0.2, 0.25) is 0 Å². The minimum atomic E-state index is -0.548. The van der Waals surface area contributed by atoms with Gasteiger partial charge in [0.25, 0.3) is 0 Å². The van der Waals surface area contributed by atoms with Gasteiger partial charge in [0.15, 0.2) is 5.78 Å². The molecule has 4 nitrogen and oxygen atoms in total. The highest BCUT2D eigenvalue weighted by atomic mass is 17.2. The predicted octanol–water partition coefficient (Wildman–Crippen LogP) is 3.15. The van der Waals surface area contributed by atoms with Crippen LogP contribution in [-0.2, 0) is 19.3 Å². The fraction of sp³-hybridized carbons (Fsp3) is 0.500. The van der Waals surface area contributed by atoms with Crippen LogP contribution in [0.4, 0.5) is 0 Å². The first kappa shape index (κ1) is 18.4. The van der Waals surface area contributed by atoms with E-state index in [9.17, 15) is 4.79 Å². The van der Waals surface area contributed by atoms with Crippen molar-refractivity contribution in [2.45, 2.75) is 45.3 Å². The van der Waals surface area contributed by atoms with E-state index in [4.69, 9.17) is 9.62 Å². The molecule has 0 aromatic rings. The van der Waals surface area contributed by atoms with E-state index in [0.717, 1.165) is 18.4 Å². The smallest absolute Gasteiger partial charge is 0.199 e. The third kappa shape index (κ3) is 5.98. The summed E-state index contributed by atoms with van der Waals surface area (Å²) in [5.74, 6) is 5.71. The molecule has 0 radical (unpaired) electrons. The number of ether oxygens (including phenoxy) is 1. The maximum atomic E-state index is 12.2. The Morgan fingerprint density at radius 2 is 2.18 bits per heavy atom. The number of methoxy groups -OCH3 is 1. The lowest BCUT2D eigenvalue weighted by molar-refractivity contribution is -0.297. The van der Waals surface area contributed by atoms with Crippen LogP contribution in [0.15, 0.2) is 35.5 Å². The molecule has 0 amide bonds. The number of hydrogen-bond acceptors (Lipinski definition) is 4. The highest BCUT2D eigenvalue weighted by Gasteiger charge is 2.30. The molecule has 0 heterocycles. The Balaban J connectivity index is 2.76. The summed E-state index contributed by atoms with van der Waals surface area (Å²) >= 11 is 0. The van der Waals surface area contributed by atoms with Crippen molar-refractivity contribution in [1.82, 2.24) is 0 Å². The second-order valence-corrected chi connectivity index (χ2v) is 5.38. The molecule has 1 aliphatic rings. The highest BCUT2D eigenvalue weighted by Crippen LogP contribution is 2.20. The van der Waals surface area contributed by atoms with E-state index in [1.807, 2.05) is 0 Å². The van der Waals surface area contributed by atoms with E-state index in [2.05, 4.69) is 43.2 Å². The van der Waals surface area contributed by atoms with Crippen molar-refractivity contribution < 1.29 is 19.3 Å². The number of carbonyl (C=O) groups excluding carboxylic acids is 1. The van der Waals surface area contributed by atoms with E-state index in [1.165, 1.54) is 19.8 Å². The van der Waals surface area contributed by atoms with Crippen molar-refractivity contribution in [3.8, 4) is 11.8 Å². The average molecular weight is 304 g/mol. The molecule has 0 unspecified atom stereocenters. The van der Waals surface area contributed by atoms with E-state index >= 15 is 0 Å². The molecule has 0 spiro atoms. The Kier molecular flexibility index (Phi) is 7.83. The summed E-state index contributed by atoms with van der Waals surface area (Å²) < 4.78 is 5.18. The summed E-state index contributed by atoms with van der Waals surface area (Å²) in [6.07, 6.45) is 5.04. The molecule has 0 aromatic heterocycles. The van der Waals surface area contributed by atoms with Crippen molar-refractivity contribution in [2.24, 2.45) is 0 Å². The first-order chi connectivity index (χ1) is 10.5. The quantitative estimate of drug-likeness (QED) is 0.327. The van der Waals surface area contributed by atoms with Gasteiger partial charge in [-0.1, -0.05) is 30.1 Å². The Morgan fingerprint density at radius 1 is 1.45 bits per heavy atom. The topological polar surface area (TPSA) is 44.8 Å². The molecule has 4 heteroatoms. The van der Waals surface area contributed by atoms with Gasteiger partial charge >= 0.3 is 0 Å². The molecule has 0 N–H and O–H groups in total. The summed E-state index contributed by atoms with van der Waals surface area (Å²) in [6.45, 7) is 8.04. The molecule has 0 saturated carbocycles. The normalized spacial score (nSPS) is 20.7. The first-order valence-electron chi connectivity index (χ1n) is 7.29. The van der Waals surface area contributed by atoms with E-state index in [-0.39, 0.29) is 11.9 Å². The average Bonchev–Trinajstić information content (AvgIpc) is 2.47.